The molecule has 0 amide bonds. The third-order valence-corrected chi connectivity index (χ3v) is 8.60. The number of halogens is 4. The van der Waals surface area contributed by atoms with Crippen LogP contribution in [0.5, 0.6) is 11.6 Å². The fraction of sp³-hybridized carbons (Fsp3) is 0.219. The lowest BCUT2D eigenvalue weighted by Gasteiger charge is -2.26. The normalized spacial score (nSPS) is 16.4. The maximum absolute atomic E-state index is 15.1. The third kappa shape index (κ3) is 7.33. The molecule has 0 spiro atoms. The summed E-state index contributed by atoms with van der Waals surface area (Å²) in [4.78, 5) is 13.3. The van der Waals surface area contributed by atoms with Crippen LogP contribution in [0.2, 0.25) is 0 Å². The van der Waals surface area contributed by atoms with E-state index in [0.717, 1.165) is 12.1 Å². The smallest absolute Gasteiger partial charge is 0.237 e. The predicted molar refractivity (Wildman–Crippen MR) is 174 cm³/mol. The van der Waals surface area contributed by atoms with Crippen LogP contribution in [0.15, 0.2) is 79.1 Å². The second kappa shape index (κ2) is 13.9. The molecule has 1 saturated heterocycles. The van der Waals surface area contributed by atoms with Crippen LogP contribution in [0.1, 0.15) is 17.5 Å². The quantitative estimate of drug-likeness (QED) is 0.162. The summed E-state index contributed by atoms with van der Waals surface area (Å²) in [5, 5.41) is 6.88. The number of aromatic nitrogens is 3. The molecule has 14 heteroatoms. The van der Waals surface area contributed by atoms with Crippen LogP contribution >= 0.6 is 12.4 Å². The van der Waals surface area contributed by atoms with Gasteiger partial charge >= 0.3 is 0 Å². The minimum Gasteiger partial charge on any atom is -0.437 e. The van der Waals surface area contributed by atoms with Gasteiger partial charge in [-0.1, -0.05) is 30.3 Å². The van der Waals surface area contributed by atoms with Gasteiger partial charge in [0.1, 0.15) is 23.6 Å². The van der Waals surface area contributed by atoms with Crippen LogP contribution < -0.4 is 20.1 Å². The molecule has 2 aromatic heterocycles. The Bertz CT molecular complexity index is 1990. The SMILES string of the molecule is Cc1ccc2c(NS(=O)(=O)Cc3ccccc3F)c(F)ccc2c1Oc1ncccc1-c1ccnc(N[C@H]2CNC[C@H](F)C2)n1.Cl. The van der Waals surface area contributed by atoms with E-state index < -0.39 is 33.6 Å². The van der Waals surface area contributed by atoms with Gasteiger partial charge in [-0.05, 0) is 48.9 Å². The summed E-state index contributed by atoms with van der Waals surface area (Å²) in [7, 11) is -4.19. The summed E-state index contributed by atoms with van der Waals surface area (Å²) in [6.45, 7) is 2.69. The van der Waals surface area contributed by atoms with Crippen LogP contribution in [-0.4, -0.2) is 48.7 Å². The van der Waals surface area contributed by atoms with Gasteiger partial charge in [-0.3, -0.25) is 4.72 Å². The van der Waals surface area contributed by atoms with Crippen molar-refractivity contribution in [2.24, 2.45) is 0 Å². The lowest BCUT2D eigenvalue weighted by molar-refractivity contribution is 0.254. The number of fused-ring (bicyclic) bond motifs is 1. The van der Waals surface area contributed by atoms with Crippen LogP contribution in [0.3, 0.4) is 0 Å². The maximum Gasteiger partial charge on any atom is 0.237 e. The van der Waals surface area contributed by atoms with E-state index >= 15 is 4.39 Å². The minimum absolute atomic E-state index is 0. The van der Waals surface area contributed by atoms with Gasteiger partial charge in [0, 0.05) is 54.3 Å². The van der Waals surface area contributed by atoms with Gasteiger partial charge in [0.15, 0.2) is 0 Å². The summed E-state index contributed by atoms with van der Waals surface area (Å²) in [5.74, 6) is -1.30. The number of nitrogens with one attached hydrogen (secondary N) is 3. The molecule has 2 atom stereocenters. The highest BCUT2D eigenvalue weighted by Crippen LogP contribution is 2.40. The van der Waals surface area contributed by atoms with E-state index in [9.17, 15) is 17.2 Å². The molecular formula is C32H30ClF3N6O3S. The second-order valence-corrected chi connectivity index (χ2v) is 12.5. The number of benzene rings is 3. The van der Waals surface area contributed by atoms with E-state index in [1.165, 1.54) is 24.3 Å². The Morgan fingerprint density at radius 3 is 2.54 bits per heavy atom. The minimum atomic E-state index is -4.19. The molecule has 0 unspecified atom stereocenters. The Balaban J connectivity index is 0.00000417. The number of ether oxygens (including phenoxy) is 1. The number of hydrogen-bond donors (Lipinski definition) is 3. The van der Waals surface area contributed by atoms with Crippen LogP contribution in [-0.2, 0) is 15.8 Å². The number of rotatable bonds is 9. The first-order valence-electron chi connectivity index (χ1n) is 14.2. The van der Waals surface area contributed by atoms with Crippen LogP contribution in [0.4, 0.5) is 24.8 Å². The first kappa shape index (κ1) is 32.9. The zero-order chi connectivity index (χ0) is 31.6. The maximum atomic E-state index is 15.1. The first-order chi connectivity index (χ1) is 21.7. The van der Waals surface area contributed by atoms with Crippen molar-refractivity contribution in [1.82, 2.24) is 20.3 Å². The molecule has 0 saturated carbocycles. The van der Waals surface area contributed by atoms with Gasteiger partial charge in [-0.2, -0.15) is 0 Å². The van der Waals surface area contributed by atoms with Gasteiger partial charge in [0.2, 0.25) is 21.9 Å². The molecule has 0 bridgehead atoms. The van der Waals surface area contributed by atoms with Gasteiger partial charge in [0.05, 0.1) is 22.7 Å². The van der Waals surface area contributed by atoms with Crippen molar-refractivity contribution in [1.29, 1.82) is 0 Å². The van der Waals surface area contributed by atoms with Gasteiger partial charge in [-0.15, -0.1) is 12.4 Å². The number of aryl methyl sites for hydroxylation is 1. The van der Waals surface area contributed by atoms with Crippen molar-refractivity contribution in [3.05, 3.63) is 102 Å². The Hall–Kier alpha value is -4.46. The van der Waals surface area contributed by atoms with Crippen molar-refractivity contribution in [3.63, 3.8) is 0 Å². The fourth-order valence-electron chi connectivity index (χ4n) is 5.24. The molecule has 1 aliphatic heterocycles. The molecule has 6 rings (SSSR count). The molecule has 5 aromatic rings. The van der Waals surface area contributed by atoms with Gasteiger partial charge in [-0.25, -0.2) is 36.5 Å². The standard InChI is InChI=1S/C32H29F3N6O3S.ClH/c1-19-8-9-23-24(10-11-27(35)29(23)41-45(42,43)18-20-5-2-3-7-26(20)34)30(19)44-31-25(6-4-13-37-31)28-12-14-38-32(40-28)39-22-15-21(33)16-36-17-22;/h2-14,21-22,36,41H,15-18H2,1H3,(H,38,39,40);1H/t21-,22-;/m1./s1. The fourth-order valence-corrected chi connectivity index (χ4v) is 6.47. The van der Waals surface area contributed by atoms with E-state index in [2.05, 4.69) is 30.3 Å². The number of anilines is 2. The van der Waals surface area contributed by atoms with Crippen LogP contribution in [0, 0.1) is 18.6 Å². The van der Waals surface area contributed by atoms with E-state index in [1.807, 2.05) is 0 Å². The average Bonchev–Trinajstić information content (AvgIpc) is 3.01. The van der Waals surface area contributed by atoms with Crippen molar-refractivity contribution >= 4 is 44.8 Å². The van der Waals surface area contributed by atoms with Crippen molar-refractivity contribution < 1.29 is 26.3 Å². The number of alkyl halides is 1. The van der Waals surface area contributed by atoms with Crippen molar-refractivity contribution in [2.75, 3.05) is 23.1 Å². The highest BCUT2D eigenvalue weighted by Gasteiger charge is 2.23. The van der Waals surface area contributed by atoms with E-state index in [-0.39, 0.29) is 41.0 Å². The second-order valence-electron chi connectivity index (χ2n) is 10.7. The summed E-state index contributed by atoms with van der Waals surface area (Å²) >= 11 is 0. The van der Waals surface area contributed by atoms with E-state index in [1.54, 1.807) is 49.6 Å². The predicted octanol–water partition coefficient (Wildman–Crippen LogP) is 6.55. The number of hydrogen-bond acceptors (Lipinski definition) is 8. The lowest BCUT2D eigenvalue weighted by Crippen LogP contribution is -2.44. The number of sulfonamides is 1. The molecule has 0 aliphatic carbocycles. The zero-order valence-electron chi connectivity index (χ0n) is 24.5. The average molecular weight is 671 g/mol. The van der Waals surface area contributed by atoms with Gasteiger partial charge < -0.3 is 15.4 Å². The molecule has 3 heterocycles. The summed E-state index contributed by atoms with van der Waals surface area (Å²) < 4.78 is 77.9. The summed E-state index contributed by atoms with van der Waals surface area (Å²) in [6, 6.07) is 16.4. The number of nitrogens with zero attached hydrogens (tertiary/aromatic N) is 3. The first-order valence-corrected chi connectivity index (χ1v) is 15.9. The zero-order valence-corrected chi connectivity index (χ0v) is 26.1. The van der Waals surface area contributed by atoms with E-state index in [4.69, 9.17) is 4.74 Å². The largest absolute Gasteiger partial charge is 0.437 e. The third-order valence-electron chi connectivity index (χ3n) is 7.39. The van der Waals surface area contributed by atoms with Crippen molar-refractivity contribution in [2.45, 2.75) is 31.3 Å². The van der Waals surface area contributed by atoms with Gasteiger partial charge in [0.25, 0.3) is 0 Å². The monoisotopic (exact) mass is 670 g/mol. The van der Waals surface area contributed by atoms with E-state index in [0.29, 0.717) is 53.4 Å². The number of pyridine rings is 1. The molecule has 3 aromatic carbocycles. The number of piperidine rings is 1. The molecule has 46 heavy (non-hydrogen) atoms. The van der Waals surface area contributed by atoms with Crippen LogP contribution in [0.25, 0.3) is 22.0 Å². The topological polar surface area (TPSA) is 118 Å². The Morgan fingerprint density at radius 2 is 1.74 bits per heavy atom. The highest BCUT2D eigenvalue weighted by molar-refractivity contribution is 7.91. The van der Waals surface area contributed by atoms with Crippen molar-refractivity contribution in [3.8, 4) is 22.9 Å². The summed E-state index contributed by atoms with van der Waals surface area (Å²) in [5.41, 5.74) is 1.40. The molecule has 9 nitrogen and oxygen atoms in total. The molecule has 1 fully saturated rings. The molecular weight excluding hydrogens is 641 g/mol. The molecule has 3 N–H and O–H groups in total. The Morgan fingerprint density at radius 1 is 0.935 bits per heavy atom. The lowest BCUT2D eigenvalue weighted by atomic mass is 10.0. The summed E-state index contributed by atoms with van der Waals surface area (Å²) in [6.07, 6.45) is 2.51. The highest BCUT2D eigenvalue weighted by atomic mass is 35.5. The molecule has 240 valence electrons. The Kier molecular flexibility index (Phi) is 9.94. The Labute approximate surface area is 270 Å². The molecule has 1 aliphatic rings. The molecule has 0 radical (unpaired) electrons.